The van der Waals surface area contributed by atoms with Gasteiger partial charge in [-0.15, -0.1) is 0 Å². The molecular weight excluding hydrogens is 200 g/mol. The van der Waals surface area contributed by atoms with Crippen LogP contribution in [0.2, 0.25) is 0 Å². The molecule has 0 saturated heterocycles. The van der Waals surface area contributed by atoms with Crippen molar-refractivity contribution < 1.29 is 4.79 Å². The first-order valence-electron chi connectivity index (χ1n) is 5.25. The summed E-state index contributed by atoms with van der Waals surface area (Å²) >= 11 is 0. The summed E-state index contributed by atoms with van der Waals surface area (Å²) in [5, 5.41) is 0.952. The largest absolute Gasteiger partial charge is 0.290 e. The van der Waals surface area contributed by atoms with Crippen molar-refractivity contribution in [3.8, 4) is 0 Å². The van der Waals surface area contributed by atoms with Crippen molar-refractivity contribution in [2.24, 2.45) is 5.41 Å². The van der Waals surface area contributed by atoms with Gasteiger partial charge in [0.25, 0.3) is 0 Å². The minimum absolute atomic E-state index is 0.0294. The first-order chi connectivity index (χ1) is 7.48. The molecular formula is C13H14N2O. The molecule has 0 aliphatic heterocycles. The predicted octanol–water partition coefficient (Wildman–Crippen LogP) is 2.86. The second kappa shape index (κ2) is 3.67. The van der Waals surface area contributed by atoms with Gasteiger partial charge in [0.2, 0.25) is 5.78 Å². The Balaban J connectivity index is 2.52. The van der Waals surface area contributed by atoms with E-state index >= 15 is 0 Å². The number of para-hydroxylation sites is 1. The maximum Gasteiger partial charge on any atom is 0.205 e. The summed E-state index contributed by atoms with van der Waals surface area (Å²) in [6, 6.07) is 7.65. The van der Waals surface area contributed by atoms with E-state index in [4.69, 9.17) is 0 Å². The van der Waals surface area contributed by atoms with Crippen molar-refractivity contribution in [2.45, 2.75) is 20.8 Å². The zero-order valence-corrected chi connectivity index (χ0v) is 9.69. The first-order valence-corrected chi connectivity index (χ1v) is 5.25. The highest BCUT2D eigenvalue weighted by molar-refractivity contribution is 5.97. The Hall–Kier alpha value is -1.77. The summed E-state index contributed by atoms with van der Waals surface area (Å²) in [4.78, 5) is 20.4. The highest BCUT2D eigenvalue weighted by Crippen LogP contribution is 2.19. The van der Waals surface area contributed by atoms with Crippen LogP contribution in [0.25, 0.3) is 10.9 Å². The number of benzene rings is 1. The summed E-state index contributed by atoms with van der Waals surface area (Å²) in [6.07, 6.45) is 1.70. The van der Waals surface area contributed by atoms with E-state index in [0.29, 0.717) is 5.82 Å². The van der Waals surface area contributed by atoms with Gasteiger partial charge in [0, 0.05) is 17.0 Å². The molecule has 1 heterocycles. The number of rotatable bonds is 1. The molecule has 3 nitrogen and oxygen atoms in total. The SMILES string of the molecule is CC(C)(C)C(=O)c1ncc2ccccc2n1. The fourth-order valence-corrected chi connectivity index (χ4v) is 1.42. The molecule has 1 aromatic heterocycles. The Morgan fingerprint density at radius 3 is 2.56 bits per heavy atom. The van der Waals surface area contributed by atoms with Crippen LogP contribution in [0.5, 0.6) is 0 Å². The van der Waals surface area contributed by atoms with Gasteiger partial charge in [-0.3, -0.25) is 4.79 Å². The molecule has 0 radical (unpaired) electrons. The molecule has 3 heteroatoms. The van der Waals surface area contributed by atoms with Gasteiger partial charge in [0.15, 0.2) is 5.82 Å². The third-order valence-electron chi connectivity index (χ3n) is 2.37. The van der Waals surface area contributed by atoms with E-state index in [9.17, 15) is 4.79 Å². The van der Waals surface area contributed by atoms with E-state index in [-0.39, 0.29) is 5.78 Å². The number of aromatic nitrogens is 2. The monoisotopic (exact) mass is 214 g/mol. The third kappa shape index (κ3) is 1.94. The molecule has 0 bridgehead atoms. The molecule has 0 spiro atoms. The number of fused-ring (bicyclic) bond motifs is 1. The van der Waals surface area contributed by atoms with E-state index in [1.54, 1.807) is 6.20 Å². The molecule has 0 amide bonds. The Kier molecular flexibility index (Phi) is 2.46. The summed E-state index contributed by atoms with van der Waals surface area (Å²) in [5.74, 6) is 0.268. The van der Waals surface area contributed by atoms with E-state index in [1.165, 1.54) is 0 Å². The van der Waals surface area contributed by atoms with Crippen LogP contribution in [0.1, 0.15) is 31.4 Å². The van der Waals surface area contributed by atoms with Crippen LogP contribution in [-0.4, -0.2) is 15.8 Å². The molecule has 0 atom stereocenters. The van der Waals surface area contributed by atoms with Gasteiger partial charge in [-0.1, -0.05) is 39.0 Å². The quantitative estimate of drug-likeness (QED) is 0.685. The lowest BCUT2D eigenvalue weighted by molar-refractivity contribution is 0.0847. The fourth-order valence-electron chi connectivity index (χ4n) is 1.42. The minimum atomic E-state index is -0.442. The first kappa shape index (κ1) is 10.7. The van der Waals surface area contributed by atoms with Crippen LogP contribution >= 0.6 is 0 Å². The maximum atomic E-state index is 12.0. The summed E-state index contributed by atoms with van der Waals surface area (Å²) < 4.78 is 0. The highest BCUT2D eigenvalue weighted by Gasteiger charge is 2.25. The predicted molar refractivity (Wildman–Crippen MR) is 63.3 cm³/mol. The summed E-state index contributed by atoms with van der Waals surface area (Å²) in [5.41, 5.74) is 0.368. The van der Waals surface area contributed by atoms with Gasteiger partial charge in [0.05, 0.1) is 5.52 Å². The van der Waals surface area contributed by atoms with E-state index in [2.05, 4.69) is 9.97 Å². The second-order valence-electron chi connectivity index (χ2n) is 4.83. The number of Topliss-reactive ketones (excluding diaryl/α,β-unsaturated/α-hetero) is 1. The molecule has 2 aromatic rings. The van der Waals surface area contributed by atoms with Crippen molar-refractivity contribution in [1.29, 1.82) is 0 Å². The number of hydrogen-bond acceptors (Lipinski definition) is 3. The number of carbonyl (C=O) groups excluding carboxylic acids is 1. The second-order valence-corrected chi connectivity index (χ2v) is 4.83. The summed E-state index contributed by atoms with van der Waals surface area (Å²) in [7, 11) is 0. The number of carbonyl (C=O) groups is 1. The lowest BCUT2D eigenvalue weighted by Gasteiger charge is -2.14. The normalized spacial score (nSPS) is 11.7. The summed E-state index contributed by atoms with van der Waals surface area (Å²) in [6.45, 7) is 5.61. The van der Waals surface area contributed by atoms with Gasteiger partial charge in [-0.2, -0.15) is 0 Å². The standard InChI is InChI=1S/C13H14N2O/c1-13(2,3)11(16)12-14-8-9-6-4-5-7-10(9)15-12/h4-8H,1-3H3. The Labute approximate surface area is 94.5 Å². The number of hydrogen-bond donors (Lipinski definition) is 0. The Bertz CT molecular complexity index is 541. The van der Waals surface area contributed by atoms with Gasteiger partial charge in [0.1, 0.15) is 0 Å². The fraction of sp³-hybridized carbons (Fsp3) is 0.308. The Morgan fingerprint density at radius 1 is 1.19 bits per heavy atom. The molecule has 16 heavy (non-hydrogen) atoms. The van der Waals surface area contributed by atoms with Crippen LogP contribution in [0.3, 0.4) is 0 Å². The van der Waals surface area contributed by atoms with Gasteiger partial charge < -0.3 is 0 Å². The third-order valence-corrected chi connectivity index (χ3v) is 2.37. The molecule has 2 rings (SSSR count). The smallest absolute Gasteiger partial charge is 0.205 e. The van der Waals surface area contributed by atoms with Crippen LogP contribution < -0.4 is 0 Å². The number of ketones is 1. The van der Waals surface area contributed by atoms with Crippen molar-refractivity contribution in [3.05, 3.63) is 36.3 Å². The van der Waals surface area contributed by atoms with Gasteiger partial charge in [-0.05, 0) is 6.07 Å². The molecule has 0 N–H and O–H groups in total. The molecule has 0 aliphatic rings. The van der Waals surface area contributed by atoms with Crippen molar-refractivity contribution >= 4 is 16.7 Å². The van der Waals surface area contributed by atoms with Crippen molar-refractivity contribution in [2.75, 3.05) is 0 Å². The molecule has 0 saturated carbocycles. The zero-order valence-electron chi connectivity index (χ0n) is 9.69. The lowest BCUT2D eigenvalue weighted by Crippen LogP contribution is -2.22. The van der Waals surface area contributed by atoms with Crippen LogP contribution in [0.4, 0.5) is 0 Å². The van der Waals surface area contributed by atoms with E-state index in [1.807, 2.05) is 45.0 Å². The van der Waals surface area contributed by atoms with E-state index < -0.39 is 5.41 Å². The van der Waals surface area contributed by atoms with Crippen LogP contribution in [0.15, 0.2) is 30.5 Å². The average Bonchev–Trinajstić information content (AvgIpc) is 2.26. The number of nitrogens with zero attached hydrogens (tertiary/aromatic N) is 2. The average molecular weight is 214 g/mol. The maximum absolute atomic E-state index is 12.0. The molecule has 1 aromatic carbocycles. The van der Waals surface area contributed by atoms with Crippen LogP contribution in [-0.2, 0) is 0 Å². The lowest BCUT2D eigenvalue weighted by atomic mass is 9.90. The molecule has 82 valence electrons. The Morgan fingerprint density at radius 2 is 1.88 bits per heavy atom. The minimum Gasteiger partial charge on any atom is -0.290 e. The molecule has 0 unspecified atom stereocenters. The van der Waals surface area contributed by atoms with Gasteiger partial charge >= 0.3 is 0 Å². The van der Waals surface area contributed by atoms with Crippen LogP contribution in [0, 0.1) is 5.41 Å². The van der Waals surface area contributed by atoms with Gasteiger partial charge in [-0.25, -0.2) is 9.97 Å². The van der Waals surface area contributed by atoms with E-state index in [0.717, 1.165) is 10.9 Å². The molecule has 0 fully saturated rings. The topological polar surface area (TPSA) is 42.9 Å². The van der Waals surface area contributed by atoms with Crippen molar-refractivity contribution in [3.63, 3.8) is 0 Å². The van der Waals surface area contributed by atoms with Crippen molar-refractivity contribution in [1.82, 2.24) is 9.97 Å². The highest BCUT2D eigenvalue weighted by atomic mass is 16.1. The zero-order chi connectivity index (χ0) is 11.8. The molecule has 0 aliphatic carbocycles.